The molecule has 0 aliphatic carbocycles. The Morgan fingerprint density at radius 3 is 2.47 bits per heavy atom. The van der Waals surface area contributed by atoms with E-state index in [1.807, 2.05) is 34.6 Å². The van der Waals surface area contributed by atoms with E-state index in [1.165, 1.54) is 12.3 Å². The zero-order valence-corrected chi connectivity index (χ0v) is 22.0. The molecule has 196 valence electrons. The van der Waals surface area contributed by atoms with Crippen LogP contribution in [0.15, 0.2) is 65.8 Å². The van der Waals surface area contributed by atoms with E-state index in [-0.39, 0.29) is 22.1 Å². The summed E-state index contributed by atoms with van der Waals surface area (Å²) < 4.78 is 17.9. The largest absolute Gasteiger partial charge is 0.392 e. The van der Waals surface area contributed by atoms with Gasteiger partial charge in [0.05, 0.1) is 35.1 Å². The Kier molecular flexibility index (Phi) is 7.15. The van der Waals surface area contributed by atoms with Crippen molar-refractivity contribution in [2.75, 3.05) is 0 Å². The third-order valence-electron chi connectivity index (χ3n) is 6.31. The van der Waals surface area contributed by atoms with E-state index < -0.39 is 23.9 Å². The third kappa shape index (κ3) is 4.45. The van der Waals surface area contributed by atoms with Gasteiger partial charge in [0.25, 0.3) is 11.5 Å². The molecule has 0 bridgehead atoms. The lowest BCUT2D eigenvalue weighted by molar-refractivity contribution is 0.100. The molecule has 0 saturated heterocycles. The summed E-state index contributed by atoms with van der Waals surface area (Å²) in [4.78, 5) is 29.8. The van der Waals surface area contributed by atoms with Crippen LogP contribution in [0.3, 0.4) is 0 Å². The number of fused-ring (bicyclic) bond motifs is 2. The fourth-order valence-corrected chi connectivity index (χ4v) is 4.43. The van der Waals surface area contributed by atoms with Crippen molar-refractivity contribution in [3.63, 3.8) is 0 Å². The van der Waals surface area contributed by atoms with Crippen molar-refractivity contribution in [2.24, 2.45) is 5.73 Å². The summed E-state index contributed by atoms with van der Waals surface area (Å²) in [5.74, 6) is -1.25. The van der Waals surface area contributed by atoms with Crippen LogP contribution in [0.2, 0.25) is 0 Å². The van der Waals surface area contributed by atoms with Gasteiger partial charge in [0, 0.05) is 28.7 Å². The summed E-state index contributed by atoms with van der Waals surface area (Å²) in [5.41, 5.74) is 7.19. The number of halogens is 1. The molecule has 0 aliphatic rings. The number of carbonyl (C=O) groups excluding carboxylic acids is 1. The molecule has 0 fully saturated rings. The lowest BCUT2D eigenvalue weighted by Gasteiger charge is -2.20. The van der Waals surface area contributed by atoms with Crippen molar-refractivity contribution in [3.8, 4) is 11.4 Å². The van der Waals surface area contributed by atoms with Gasteiger partial charge in [0.15, 0.2) is 0 Å². The molecule has 9 heteroatoms. The molecular weight excluding hydrogens is 485 g/mol. The van der Waals surface area contributed by atoms with Crippen molar-refractivity contribution in [1.82, 2.24) is 19.3 Å². The molecular formula is C29H30FN5O3. The van der Waals surface area contributed by atoms with Crippen LogP contribution in [0.5, 0.6) is 0 Å². The van der Waals surface area contributed by atoms with Gasteiger partial charge in [-0.15, -0.1) is 0 Å². The topological polar surface area (TPSA) is 116 Å². The summed E-state index contributed by atoms with van der Waals surface area (Å²) in [5, 5.41) is 15.5. The Labute approximate surface area is 219 Å². The minimum Gasteiger partial charge on any atom is -0.392 e. The van der Waals surface area contributed by atoms with Crippen molar-refractivity contribution < 1.29 is 14.3 Å². The molecule has 0 radical (unpaired) electrons. The van der Waals surface area contributed by atoms with Crippen LogP contribution in [0, 0.1) is 5.82 Å². The van der Waals surface area contributed by atoms with Gasteiger partial charge in [-0.2, -0.15) is 9.78 Å². The first-order chi connectivity index (χ1) is 18.1. The number of rotatable bonds is 4. The SMILES string of the molecule is CC.CC(C)(C)c1cc(F)c2c(=O)n(-c3cccc(-n4cc(C(N)=O)c5cccnc54)c3CO)ncc2c1. The quantitative estimate of drug-likeness (QED) is 0.357. The van der Waals surface area contributed by atoms with Crippen LogP contribution < -0.4 is 11.3 Å². The molecule has 38 heavy (non-hydrogen) atoms. The third-order valence-corrected chi connectivity index (χ3v) is 6.31. The molecule has 3 N–H and O–H groups in total. The maximum Gasteiger partial charge on any atom is 0.282 e. The minimum atomic E-state index is -0.648. The minimum absolute atomic E-state index is 0.0867. The number of benzene rings is 2. The highest BCUT2D eigenvalue weighted by Gasteiger charge is 2.22. The molecule has 2 aromatic carbocycles. The monoisotopic (exact) mass is 515 g/mol. The van der Waals surface area contributed by atoms with Gasteiger partial charge in [0.1, 0.15) is 11.5 Å². The smallest absolute Gasteiger partial charge is 0.282 e. The summed E-state index contributed by atoms with van der Waals surface area (Å²) in [6.07, 6.45) is 4.57. The zero-order valence-electron chi connectivity index (χ0n) is 22.0. The van der Waals surface area contributed by atoms with Crippen LogP contribution in [0.4, 0.5) is 4.39 Å². The molecule has 8 nitrogen and oxygen atoms in total. The first-order valence-electron chi connectivity index (χ1n) is 12.3. The van der Waals surface area contributed by atoms with Crippen LogP contribution in [-0.4, -0.2) is 30.3 Å². The van der Waals surface area contributed by atoms with E-state index in [9.17, 15) is 14.7 Å². The van der Waals surface area contributed by atoms with Gasteiger partial charge < -0.3 is 15.4 Å². The number of aromatic nitrogens is 4. The Morgan fingerprint density at radius 1 is 1.11 bits per heavy atom. The Morgan fingerprint density at radius 2 is 1.82 bits per heavy atom. The summed E-state index contributed by atoms with van der Waals surface area (Å²) in [6, 6.07) is 11.6. The maximum atomic E-state index is 15.2. The average molecular weight is 516 g/mol. The Balaban J connectivity index is 0.00000164. The van der Waals surface area contributed by atoms with Gasteiger partial charge >= 0.3 is 0 Å². The van der Waals surface area contributed by atoms with Crippen molar-refractivity contribution in [1.29, 1.82) is 0 Å². The molecule has 0 unspecified atom stereocenters. The number of amides is 1. The Bertz CT molecular complexity index is 1730. The van der Waals surface area contributed by atoms with Crippen molar-refractivity contribution in [3.05, 3.63) is 93.9 Å². The lowest BCUT2D eigenvalue weighted by Crippen LogP contribution is -2.24. The molecule has 0 spiro atoms. The number of primary amides is 1. The number of aliphatic hydroxyl groups is 1. The predicted molar refractivity (Wildman–Crippen MR) is 146 cm³/mol. The second-order valence-electron chi connectivity index (χ2n) is 9.62. The van der Waals surface area contributed by atoms with Crippen LogP contribution in [0.1, 0.15) is 56.1 Å². The highest BCUT2D eigenvalue weighted by molar-refractivity contribution is 6.05. The number of aliphatic hydroxyl groups excluding tert-OH is 1. The lowest BCUT2D eigenvalue weighted by atomic mass is 9.86. The van der Waals surface area contributed by atoms with Gasteiger partial charge in [-0.05, 0) is 47.4 Å². The highest BCUT2D eigenvalue weighted by atomic mass is 19.1. The zero-order chi connectivity index (χ0) is 27.8. The van der Waals surface area contributed by atoms with E-state index in [2.05, 4.69) is 10.1 Å². The number of pyridine rings is 1. The number of hydrogen-bond acceptors (Lipinski definition) is 5. The number of nitrogens with two attached hydrogens (primary N) is 1. The Hall–Kier alpha value is -4.37. The molecule has 3 heterocycles. The fraction of sp³-hybridized carbons (Fsp3) is 0.241. The average Bonchev–Trinajstić information content (AvgIpc) is 3.29. The van der Waals surface area contributed by atoms with Crippen molar-refractivity contribution in [2.45, 2.75) is 46.6 Å². The van der Waals surface area contributed by atoms with E-state index in [0.29, 0.717) is 27.7 Å². The van der Waals surface area contributed by atoms with Crippen LogP contribution in [0.25, 0.3) is 33.2 Å². The van der Waals surface area contributed by atoms with E-state index in [1.54, 1.807) is 53.4 Å². The molecule has 1 amide bonds. The van der Waals surface area contributed by atoms with Gasteiger partial charge in [-0.3, -0.25) is 9.59 Å². The van der Waals surface area contributed by atoms with Crippen LogP contribution in [-0.2, 0) is 12.0 Å². The molecule has 5 rings (SSSR count). The number of nitrogens with zero attached hydrogens (tertiary/aromatic N) is 4. The first-order valence-corrected chi connectivity index (χ1v) is 12.3. The normalized spacial score (nSPS) is 11.4. The summed E-state index contributed by atoms with van der Waals surface area (Å²) in [6.45, 7) is 9.43. The first kappa shape index (κ1) is 26.7. The fourth-order valence-electron chi connectivity index (χ4n) is 4.43. The molecule has 0 aliphatic heterocycles. The van der Waals surface area contributed by atoms with Crippen LogP contribution >= 0.6 is 0 Å². The van der Waals surface area contributed by atoms with Gasteiger partial charge in [-0.1, -0.05) is 40.7 Å². The maximum absolute atomic E-state index is 15.2. The van der Waals surface area contributed by atoms with E-state index >= 15 is 4.39 Å². The van der Waals surface area contributed by atoms with Gasteiger partial charge in [0.2, 0.25) is 0 Å². The van der Waals surface area contributed by atoms with Gasteiger partial charge in [-0.25, -0.2) is 9.37 Å². The molecule has 0 atom stereocenters. The predicted octanol–water partition coefficient (Wildman–Crippen LogP) is 4.78. The summed E-state index contributed by atoms with van der Waals surface area (Å²) in [7, 11) is 0. The number of carbonyl (C=O) groups is 1. The van der Waals surface area contributed by atoms with E-state index in [0.717, 1.165) is 10.2 Å². The highest BCUT2D eigenvalue weighted by Crippen LogP contribution is 2.29. The second kappa shape index (κ2) is 10.2. The standard InChI is InChI=1S/C27H24FN5O3.C2H6/c1-27(2,3)16-10-15-12-31-33(26(36)23(15)20(28)11-16)22-8-4-7-21(19(22)14-34)32-13-18(24(29)35)17-6-5-9-30-25(17)32;1-2/h4-13,34H,14H2,1-3H3,(H2,29,35);1-2H3. The second-order valence-corrected chi connectivity index (χ2v) is 9.62. The summed E-state index contributed by atoms with van der Waals surface area (Å²) >= 11 is 0. The van der Waals surface area contributed by atoms with E-state index in [4.69, 9.17) is 5.73 Å². The molecule has 3 aromatic heterocycles. The number of hydrogen-bond donors (Lipinski definition) is 2. The molecule has 5 aromatic rings. The van der Waals surface area contributed by atoms with Crippen molar-refractivity contribution >= 4 is 27.7 Å². The molecule has 0 saturated carbocycles.